The van der Waals surface area contributed by atoms with Crippen molar-refractivity contribution in [3.63, 3.8) is 0 Å². The summed E-state index contributed by atoms with van der Waals surface area (Å²) in [5.74, 6) is 1.81. The van der Waals surface area contributed by atoms with Gasteiger partial charge in [0.25, 0.3) is 0 Å². The molecule has 3 heteroatoms. The Morgan fingerprint density at radius 1 is 1.53 bits per heavy atom. The highest BCUT2D eigenvalue weighted by Crippen LogP contribution is 2.08. The topological polar surface area (TPSA) is 34.4 Å². The zero-order valence-electron chi connectivity index (χ0n) is 9.45. The third-order valence-electron chi connectivity index (χ3n) is 2.15. The van der Waals surface area contributed by atoms with Crippen molar-refractivity contribution in [3.05, 3.63) is 36.3 Å². The van der Waals surface area contributed by atoms with Crippen molar-refractivity contribution in [1.82, 2.24) is 5.32 Å². The maximum absolute atomic E-state index is 5.54. The second kappa shape index (κ2) is 6.43. The van der Waals surface area contributed by atoms with Crippen LogP contribution in [0.4, 0.5) is 0 Å². The molecule has 0 aliphatic carbocycles. The van der Waals surface area contributed by atoms with Gasteiger partial charge in [-0.3, -0.25) is 0 Å². The molecule has 3 nitrogen and oxygen atoms in total. The SMILES string of the molecule is C=CCC(C)NCc1ccc(COC)o1. The predicted octanol–water partition coefficient (Wildman–Crippen LogP) is 2.48. The van der Waals surface area contributed by atoms with Crippen LogP contribution in [0.5, 0.6) is 0 Å². The molecule has 1 heterocycles. The summed E-state index contributed by atoms with van der Waals surface area (Å²) in [4.78, 5) is 0. The van der Waals surface area contributed by atoms with Gasteiger partial charge in [0.05, 0.1) is 6.54 Å². The molecule has 1 N–H and O–H groups in total. The Labute approximate surface area is 91.1 Å². The van der Waals surface area contributed by atoms with Crippen LogP contribution in [0.2, 0.25) is 0 Å². The number of nitrogens with one attached hydrogen (secondary N) is 1. The minimum atomic E-state index is 0.429. The maximum atomic E-state index is 5.54. The molecule has 1 unspecified atom stereocenters. The molecular formula is C12H19NO2. The molecule has 0 aromatic carbocycles. The summed E-state index contributed by atoms with van der Waals surface area (Å²) in [5, 5.41) is 3.35. The Morgan fingerprint density at radius 2 is 2.27 bits per heavy atom. The molecular weight excluding hydrogens is 190 g/mol. The zero-order chi connectivity index (χ0) is 11.1. The van der Waals surface area contributed by atoms with E-state index in [4.69, 9.17) is 9.15 Å². The Balaban J connectivity index is 2.33. The fourth-order valence-electron chi connectivity index (χ4n) is 1.35. The van der Waals surface area contributed by atoms with Crippen LogP contribution in [0, 0.1) is 0 Å². The highest BCUT2D eigenvalue weighted by molar-refractivity contribution is 5.06. The number of hydrogen-bond donors (Lipinski definition) is 1. The summed E-state index contributed by atoms with van der Waals surface area (Å²) in [6, 6.07) is 4.35. The summed E-state index contributed by atoms with van der Waals surface area (Å²) in [6.07, 6.45) is 2.88. The van der Waals surface area contributed by atoms with Crippen molar-refractivity contribution >= 4 is 0 Å². The van der Waals surface area contributed by atoms with Crippen molar-refractivity contribution in [3.8, 4) is 0 Å². The lowest BCUT2D eigenvalue weighted by Gasteiger charge is -2.09. The molecule has 1 atom stereocenters. The standard InChI is InChI=1S/C12H19NO2/c1-4-5-10(2)13-8-11-6-7-12(15-11)9-14-3/h4,6-7,10,13H,1,5,8-9H2,2-3H3. The number of furan rings is 1. The minimum absolute atomic E-state index is 0.429. The second-order valence-corrected chi connectivity index (χ2v) is 3.61. The van der Waals surface area contributed by atoms with Gasteiger partial charge < -0.3 is 14.5 Å². The van der Waals surface area contributed by atoms with Crippen LogP contribution in [0.25, 0.3) is 0 Å². The molecule has 0 aliphatic heterocycles. The normalized spacial score (nSPS) is 12.7. The first-order valence-electron chi connectivity index (χ1n) is 5.17. The van der Waals surface area contributed by atoms with E-state index in [9.17, 15) is 0 Å². The molecule has 0 saturated heterocycles. The van der Waals surface area contributed by atoms with E-state index in [1.807, 2.05) is 18.2 Å². The van der Waals surface area contributed by atoms with Crippen LogP contribution in [-0.4, -0.2) is 13.2 Å². The molecule has 0 amide bonds. The summed E-state index contributed by atoms with van der Waals surface area (Å²) >= 11 is 0. The smallest absolute Gasteiger partial charge is 0.129 e. The van der Waals surface area contributed by atoms with E-state index in [0.717, 1.165) is 24.5 Å². The van der Waals surface area contributed by atoms with E-state index < -0.39 is 0 Å². The highest BCUT2D eigenvalue weighted by Gasteiger charge is 2.03. The summed E-state index contributed by atoms with van der Waals surface area (Å²) in [6.45, 7) is 7.11. The van der Waals surface area contributed by atoms with Gasteiger partial charge in [0.1, 0.15) is 18.1 Å². The Kier molecular flexibility index (Phi) is 5.15. The van der Waals surface area contributed by atoms with E-state index in [1.165, 1.54) is 0 Å². The van der Waals surface area contributed by atoms with Gasteiger partial charge in [-0.1, -0.05) is 6.08 Å². The van der Waals surface area contributed by atoms with Crippen LogP contribution in [0.15, 0.2) is 29.2 Å². The van der Waals surface area contributed by atoms with E-state index >= 15 is 0 Å². The molecule has 0 aliphatic rings. The fraction of sp³-hybridized carbons (Fsp3) is 0.500. The minimum Gasteiger partial charge on any atom is -0.462 e. The molecule has 84 valence electrons. The van der Waals surface area contributed by atoms with Gasteiger partial charge in [-0.15, -0.1) is 6.58 Å². The number of rotatable bonds is 7. The third kappa shape index (κ3) is 4.32. The molecule has 0 radical (unpaired) electrons. The van der Waals surface area contributed by atoms with Crippen LogP contribution in [-0.2, 0) is 17.9 Å². The molecule has 0 spiro atoms. The van der Waals surface area contributed by atoms with E-state index in [2.05, 4.69) is 18.8 Å². The van der Waals surface area contributed by atoms with Crippen LogP contribution < -0.4 is 5.32 Å². The summed E-state index contributed by atoms with van der Waals surface area (Å²) in [7, 11) is 1.66. The van der Waals surface area contributed by atoms with E-state index in [0.29, 0.717) is 12.6 Å². The van der Waals surface area contributed by atoms with Crippen LogP contribution >= 0.6 is 0 Å². The van der Waals surface area contributed by atoms with Crippen molar-refractivity contribution in [2.75, 3.05) is 7.11 Å². The van der Waals surface area contributed by atoms with E-state index in [1.54, 1.807) is 7.11 Å². The first kappa shape index (κ1) is 12.0. The van der Waals surface area contributed by atoms with Gasteiger partial charge >= 0.3 is 0 Å². The van der Waals surface area contributed by atoms with Gasteiger partial charge in [-0.2, -0.15) is 0 Å². The lowest BCUT2D eigenvalue weighted by Crippen LogP contribution is -2.24. The second-order valence-electron chi connectivity index (χ2n) is 3.61. The lowest BCUT2D eigenvalue weighted by molar-refractivity contribution is 0.162. The summed E-state index contributed by atoms with van der Waals surface area (Å²) in [5.41, 5.74) is 0. The van der Waals surface area contributed by atoms with Gasteiger partial charge in [-0.25, -0.2) is 0 Å². The third-order valence-corrected chi connectivity index (χ3v) is 2.15. The quantitative estimate of drug-likeness (QED) is 0.700. The molecule has 15 heavy (non-hydrogen) atoms. The molecule has 0 bridgehead atoms. The number of ether oxygens (including phenoxy) is 1. The highest BCUT2D eigenvalue weighted by atomic mass is 16.5. The van der Waals surface area contributed by atoms with Crippen molar-refractivity contribution < 1.29 is 9.15 Å². The molecule has 0 fully saturated rings. The Morgan fingerprint density at radius 3 is 2.93 bits per heavy atom. The summed E-state index contributed by atoms with van der Waals surface area (Å²) < 4.78 is 10.5. The average Bonchev–Trinajstić information content (AvgIpc) is 2.64. The average molecular weight is 209 g/mol. The van der Waals surface area contributed by atoms with E-state index in [-0.39, 0.29) is 0 Å². The molecule has 1 aromatic heterocycles. The van der Waals surface area contributed by atoms with Gasteiger partial charge in [0.2, 0.25) is 0 Å². The van der Waals surface area contributed by atoms with Gasteiger partial charge in [0.15, 0.2) is 0 Å². The van der Waals surface area contributed by atoms with Gasteiger partial charge in [0, 0.05) is 13.2 Å². The first-order chi connectivity index (χ1) is 7.26. The van der Waals surface area contributed by atoms with Crippen molar-refractivity contribution in [2.45, 2.75) is 32.5 Å². The lowest BCUT2D eigenvalue weighted by atomic mass is 10.2. The Hall–Kier alpha value is -1.06. The monoisotopic (exact) mass is 209 g/mol. The molecule has 1 aromatic rings. The predicted molar refractivity (Wildman–Crippen MR) is 60.5 cm³/mol. The fourth-order valence-corrected chi connectivity index (χ4v) is 1.35. The number of methoxy groups -OCH3 is 1. The number of hydrogen-bond acceptors (Lipinski definition) is 3. The zero-order valence-corrected chi connectivity index (χ0v) is 9.45. The van der Waals surface area contributed by atoms with Gasteiger partial charge in [-0.05, 0) is 25.5 Å². The molecule has 1 rings (SSSR count). The molecule has 0 saturated carbocycles. The van der Waals surface area contributed by atoms with Crippen molar-refractivity contribution in [1.29, 1.82) is 0 Å². The Bertz CT molecular complexity index is 294. The van der Waals surface area contributed by atoms with Crippen LogP contribution in [0.3, 0.4) is 0 Å². The van der Waals surface area contributed by atoms with Crippen LogP contribution in [0.1, 0.15) is 24.9 Å². The van der Waals surface area contributed by atoms with Crippen molar-refractivity contribution in [2.24, 2.45) is 0 Å². The first-order valence-corrected chi connectivity index (χ1v) is 5.17. The largest absolute Gasteiger partial charge is 0.462 e. The maximum Gasteiger partial charge on any atom is 0.129 e.